The van der Waals surface area contributed by atoms with E-state index in [4.69, 9.17) is 9.47 Å². The van der Waals surface area contributed by atoms with Crippen LogP contribution in [-0.4, -0.2) is 26.4 Å². The molecule has 0 radical (unpaired) electrons. The summed E-state index contributed by atoms with van der Waals surface area (Å²) in [4.78, 5) is 22.0. The van der Waals surface area contributed by atoms with Gasteiger partial charge in [0.15, 0.2) is 6.29 Å². The Morgan fingerprint density at radius 3 is 2.25 bits per heavy atom. The molecule has 0 spiro atoms. The van der Waals surface area contributed by atoms with Crippen molar-refractivity contribution in [2.45, 2.75) is 6.92 Å². The van der Waals surface area contributed by atoms with Gasteiger partial charge in [0.1, 0.15) is 11.5 Å². The number of carbonyl (C=O) groups is 2. The number of hydrogen-bond acceptors (Lipinski definition) is 4. The van der Waals surface area contributed by atoms with Gasteiger partial charge in [-0.15, -0.1) is 0 Å². The van der Waals surface area contributed by atoms with Gasteiger partial charge in [-0.25, -0.2) is 0 Å². The molecule has 0 unspecified atom stereocenters. The summed E-state index contributed by atoms with van der Waals surface area (Å²) in [6.45, 7) is 1.35. The van der Waals surface area contributed by atoms with Gasteiger partial charge in [0.25, 0.3) is 0 Å². The molecule has 86 valence electrons. The highest BCUT2D eigenvalue weighted by molar-refractivity contribution is 5.99. The first-order valence-corrected chi connectivity index (χ1v) is 4.61. The molecule has 0 aliphatic carbocycles. The largest absolute Gasteiger partial charge is 0.496 e. The molecule has 1 aromatic carbocycles. The number of hydrogen-bond donors (Lipinski definition) is 1. The number of nitrogens with one attached hydrogen (secondary N) is 1. The molecule has 0 heterocycles. The van der Waals surface area contributed by atoms with Gasteiger partial charge in [-0.05, 0) is 12.1 Å². The minimum atomic E-state index is -0.283. The second kappa shape index (κ2) is 5.16. The van der Waals surface area contributed by atoms with E-state index in [0.717, 1.165) is 0 Å². The smallest absolute Gasteiger partial charge is 0.221 e. The lowest BCUT2D eigenvalue weighted by Gasteiger charge is -2.13. The van der Waals surface area contributed by atoms with Crippen LogP contribution < -0.4 is 14.8 Å². The summed E-state index contributed by atoms with van der Waals surface area (Å²) in [5.41, 5.74) is 0.585. The lowest BCUT2D eigenvalue weighted by Crippen LogP contribution is -2.10. The lowest BCUT2D eigenvalue weighted by atomic mass is 10.1. The molecule has 0 bridgehead atoms. The minimum Gasteiger partial charge on any atom is -0.496 e. The Bertz CT molecular complexity index is 415. The van der Waals surface area contributed by atoms with E-state index in [1.165, 1.54) is 21.1 Å². The molecule has 1 aromatic rings. The molecule has 16 heavy (non-hydrogen) atoms. The first-order valence-electron chi connectivity index (χ1n) is 4.61. The van der Waals surface area contributed by atoms with Crippen LogP contribution in [0.1, 0.15) is 17.3 Å². The highest BCUT2D eigenvalue weighted by Crippen LogP contribution is 2.33. The standard InChI is InChI=1S/C11H13NO4/c1-7(14)12-11-8(6-13)9(15-2)4-5-10(11)16-3/h4-6H,1-3H3,(H,12,14). The Hall–Kier alpha value is -2.04. The van der Waals surface area contributed by atoms with Gasteiger partial charge in [-0.3, -0.25) is 9.59 Å². The van der Waals surface area contributed by atoms with Crippen molar-refractivity contribution in [3.63, 3.8) is 0 Å². The lowest BCUT2D eigenvalue weighted by molar-refractivity contribution is -0.114. The summed E-state index contributed by atoms with van der Waals surface area (Å²) in [6, 6.07) is 3.23. The van der Waals surface area contributed by atoms with Gasteiger partial charge in [-0.1, -0.05) is 0 Å². The van der Waals surface area contributed by atoms with Crippen LogP contribution in [0.25, 0.3) is 0 Å². The van der Waals surface area contributed by atoms with E-state index >= 15 is 0 Å². The zero-order valence-corrected chi connectivity index (χ0v) is 9.37. The van der Waals surface area contributed by atoms with Crippen molar-refractivity contribution in [2.75, 3.05) is 19.5 Å². The van der Waals surface area contributed by atoms with Gasteiger partial charge < -0.3 is 14.8 Å². The number of carbonyl (C=O) groups excluding carboxylic acids is 2. The summed E-state index contributed by atoms with van der Waals surface area (Å²) >= 11 is 0. The van der Waals surface area contributed by atoms with Crippen molar-refractivity contribution in [1.82, 2.24) is 0 Å². The fourth-order valence-corrected chi connectivity index (χ4v) is 1.35. The Morgan fingerprint density at radius 2 is 1.81 bits per heavy atom. The molecule has 0 aliphatic rings. The van der Waals surface area contributed by atoms with Crippen LogP contribution in [0.15, 0.2) is 12.1 Å². The summed E-state index contributed by atoms with van der Waals surface area (Å²) in [5.74, 6) is 0.521. The molecule has 0 saturated carbocycles. The average molecular weight is 223 g/mol. The number of amides is 1. The number of benzene rings is 1. The predicted molar refractivity (Wildman–Crippen MR) is 59.2 cm³/mol. The first-order chi connectivity index (χ1) is 7.63. The maximum atomic E-state index is 11.0. The molecule has 0 atom stereocenters. The van der Waals surface area contributed by atoms with E-state index in [1.807, 2.05) is 0 Å². The van der Waals surface area contributed by atoms with Crippen LogP contribution in [0.2, 0.25) is 0 Å². The molecule has 1 amide bonds. The van der Waals surface area contributed by atoms with E-state index in [9.17, 15) is 9.59 Å². The van der Waals surface area contributed by atoms with Crippen molar-refractivity contribution < 1.29 is 19.1 Å². The Balaban J connectivity index is 3.36. The Kier molecular flexibility index (Phi) is 3.88. The van der Waals surface area contributed by atoms with E-state index < -0.39 is 0 Å². The third-order valence-electron chi connectivity index (χ3n) is 2.03. The van der Waals surface area contributed by atoms with E-state index in [1.54, 1.807) is 12.1 Å². The van der Waals surface area contributed by atoms with Crippen molar-refractivity contribution in [3.05, 3.63) is 17.7 Å². The zero-order chi connectivity index (χ0) is 12.1. The van der Waals surface area contributed by atoms with Crippen molar-refractivity contribution >= 4 is 17.9 Å². The van der Waals surface area contributed by atoms with Gasteiger partial charge >= 0.3 is 0 Å². The summed E-state index contributed by atoms with van der Waals surface area (Å²) in [6.07, 6.45) is 0.618. The van der Waals surface area contributed by atoms with E-state index in [-0.39, 0.29) is 11.5 Å². The highest BCUT2D eigenvalue weighted by atomic mass is 16.5. The molecule has 1 N–H and O–H groups in total. The van der Waals surface area contributed by atoms with Crippen LogP contribution in [0, 0.1) is 0 Å². The second-order valence-electron chi connectivity index (χ2n) is 3.06. The van der Waals surface area contributed by atoms with Crippen LogP contribution in [-0.2, 0) is 4.79 Å². The predicted octanol–water partition coefficient (Wildman–Crippen LogP) is 1.47. The quantitative estimate of drug-likeness (QED) is 0.785. The molecule has 5 nitrogen and oxygen atoms in total. The molecule has 5 heteroatoms. The molecular formula is C11H13NO4. The summed E-state index contributed by atoms with van der Waals surface area (Å²) in [7, 11) is 2.91. The Labute approximate surface area is 93.4 Å². The highest BCUT2D eigenvalue weighted by Gasteiger charge is 2.15. The third-order valence-corrected chi connectivity index (χ3v) is 2.03. The monoisotopic (exact) mass is 223 g/mol. The van der Waals surface area contributed by atoms with Crippen LogP contribution in [0.4, 0.5) is 5.69 Å². The van der Waals surface area contributed by atoms with Crippen LogP contribution in [0.5, 0.6) is 11.5 Å². The molecule has 0 saturated heterocycles. The van der Waals surface area contributed by atoms with Crippen LogP contribution in [0.3, 0.4) is 0 Å². The van der Waals surface area contributed by atoms with Gasteiger partial charge in [-0.2, -0.15) is 0 Å². The number of aldehydes is 1. The number of anilines is 1. The molecule has 0 fully saturated rings. The van der Waals surface area contributed by atoms with Gasteiger partial charge in [0.05, 0.1) is 25.5 Å². The Morgan fingerprint density at radius 1 is 1.25 bits per heavy atom. The van der Waals surface area contributed by atoms with E-state index in [2.05, 4.69) is 5.32 Å². The summed E-state index contributed by atoms with van der Waals surface area (Å²) < 4.78 is 10.1. The average Bonchev–Trinajstić information content (AvgIpc) is 2.27. The first kappa shape index (κ1) is 12.0. The minimum absolute atomic E-state index is 0.261. The number of methoxy groups -OCH3 is 2. The van der Waals surface area contributed by atoms with Crippen molar-refractivity contribution in [1.29, 1.82) is 0 Å². The number of ether oxygens (including phenoxy) is 2. The maximum Gasteiger partial charge on any atom is 0.221 e. The zero-order valence-electron chi connectivity index (χ0n) is 9.37. The molecule has 0 aromatic heterocycles. The second-order valence-corrected chi connectivity index (χ2v) is 3.06. The molecule has 0 aliphatic heterocycles. The maximum absolute atomic E-state index is 11.0. The normalized spacial score (nSPS) is 9.44. The van der Waals surface area contributed by atoms with Crippen molar-refractivity contribution in [2.24, 2.45) is 0 Å². The van der Waals surface area contributed by atoms with E-state index in [0.29, 0.717) is 23.5 Å². The molecular weight excluding hydrogens is 210 g/mol. The van der Waals surface area contributed by atoms with Gasteiger partial charge in [0.2, 0.25) is 5.91 Å². The summed E-state index contributed by atoms with van der Waals surface area (Å²) in [5, 5.41) is 2.54. The van der Waals surface area contributed by atoms with Gasteiger partial charge in [0, 0.05) is 6.92 Å². The third kappa shape index (κ3) is 2.31. The van der Waals surface area contributed by atoms with Crippen molar-refractivity contribution in [3.8, 4) is 11.5 Å². The fraction of sp³-hybridized carbons (Fsp3) is 0.273. The SMILES string of the molecule is COc1ccc(OC)c(NC(C)=O)c1C=O. The number of rotatable bonds is 4. The molecule has 1 rings (SSSR count). The van der Waals surface area contributed by atoms with Crippen LogP contribution >= 0.6 is 0 Å². The topological polar surface area (TPSA) is 64.6 Å². The fourth-order valence-electron chi connectivity index (χ4n) is 1.35.